The zero-order valence-corrected chi connectivity index (χ0v) is 15.9. The lowest BCUT2D eigenvalue weighted by Gasteiger charge is -2.18. The van der Waals surface area contributed by atoms with Gasteiger partial charge in [-0.2, -0.15) is 0 Å². The Morgan fingerprint density at radius 3 is 2.50 bits per heavy atom. The topological polar surface area (TPSA) is 54.9 Å². The van der Waals surface area contributed by atoms with Gasteiger partial charge in [-0.1, -0.05) is 43.3 Å². The molecule has 5 heteroatoms. The van der Waals surface area contributed by atoms with Gasteiger partial charge in [-0.3, -0.25) is 4.99 Å². The predicted molar refractivity (Wildman–Crippen MR) is 107 cm³/mol. The molecule has 0 saturated heterocycles. The quantitative estimate of drug-likeness (QED) is 0.411. The molecule has 1 atom stereocenters. The second-order valence-electron chi connectivity index (χ2n) is 6.04. The van der Waals surface area contributed by atoms with E-state index < -0.39 is 0 Å². The average molecular weight is 355 g/mol. The Labute approximate surface area is 156 Å². The number of benzene rings is 2. The van der Waals surface area contributed by atoms with Crippen molar-refractivity contribution in [2.75, 3.05) is 33.9 Å². The number of guanidine groups is 1. The first kappa shape index (κ1) is 19.6. The first-order chi connectivity index (χ1) is 12.7. The molecule has 0 aliphatic rings. The van der Waals surface area contributed by atoms with Crippen molar-refractivity contribution in [1.29, 1.82) is 0 Å². The van der Waals surface area contributed by atoms with Crippen molar-refractivity contribution >= 4 is 5.96 Å². The van der Waals surface area contributed by atoms with E-state index in [0.29, 0.717) is 12.5 Å². The fourth-order valence-electron chi connectivity index (χ4n) is 2.64. The maximum absolute atomic E-state index is 5.69. The minimum Gasteiger partial charge on any atom is -0.496 e. The van der Waals surface area contributed by atoms with Crippen molar-refractivity contribution in [3.8, 4) is 11.5 Å². The summed E-state index contributed by atoms with van der Waals surface area (Å²) in [7, 11) is 3.49. The van der Waals surface area contributed by atoms with Crippen LogP contribution in [-0.4, -0.2) is 39.8 Å². The van der Waals surface area contributed by atoms with E-state index >= 15 is 0 Å². The monoisotopic (exact) mass is 355 g/mol. The van der Waals surface area contributed by atoms with E-state index in [4.69, 9.17) is 9.47 Å². The van der Waals surface area contributed by atoms with Crippen LogP contribution in [0, 0.1) is 0 Å². The van der Waals surface area contributed by atoms with Crippen LogP contribution in [-0.2, 0) is 0 Å². The lowest BCUT2D eigenvalue weighted by atomic mass is 10.0. The van der Waals surface area contributed by atoms with E-state index in [2.05, 4.69) is 28.6 Å². The Morgan fingerprint density at radius 1 is 1.04 bits per heavy atom. The highest BCUT2D eigenvalue weighted by Crippen LogP contribution is 2.25. The van der Waals surface area contributed by atoms with Crippen LogP contribution in [0.4, 0.5) is 0 Å². The largest absolute Gasteiger partial charge is 0.496 e. The Bertz CT molecular complexity index is 674. The molecule has 0 fully saturated rings. The van der Waals surface area contributed by atoms with E-state index in [1.807, 2.05) is 48.5 Å². The summed E-state index contributed by atoms with van der Waals surface area (Å²) in [5.41, 5.74) is 1.19. The summed E-state index contributed by atoms with van der Waals surface area (Å²) in [6.07, 6.45) is 0.900. The van der Waals surface area contributed by atoms with Crippen molar-refractivity contribution in [2.24, 2.45) is 4.99 Å². The minimum atomic E-state index is 0.311. The third-order valence-corrected chi connectivity index (χ3v) is 4.09. The maximum atomic E-state index is 5.69. The van der Waals surface area contributed by atoms with Crippen molar-refractivity contribution in [2.45, 2.75) is 19.3 Å². The van der Waals surface area contributed by atoms with Gasteiger partial charge in [-0.15, -0.1) is 0 Å². The fraction of sp³-hybridized carbons (Fsp3) is 0.381. The van der Waals surface area contributed by atoms with Crippen molar-refractivity contribution in [3.63, 3.8) is 0 Å². The molecule has 0 bridgehead atoms. The minimum absolute atomic E-state index is 0.311. The molecule has 2 N–H and O–H groups in total. The molecule has 0 aromatic heterocycles. The molecule has 2 aromatic carbocycles. The molecule has 140 valence electrons. The van der Waals surface area contributed by atoms with Gasteiger partial charge in [-0.05, 0) is 30.2 Å². The van der Waals surface area contributed by atoms with Crippen LogP contribution in [0.2, 0.25) is 0 Å². The van der Waals surface area contributed by atoms with Gasteiger partial charge in [-0.25, -0.2) is 0 Å². The Hall–Kier alpha value is -2.69. The van der Waals surface area contributed by atoms with Crippen LogP contribution in [0.3, 0.4) is 0 Å². The van der Waals surface area contributed by atoms with Gasteiger partial charge < -0.3 is 20.1 Å². The number of para-hydroxylation sites is 2. The number of ether oxygens (including phenoxy) is 2. The second-order valence-corrected chi connectivity index (χ2v) is 6.04. The Kier molecular flexibility index (Phi) is 8.33. The summed E-state index contributed by atoms with van der Waals surface area (Å²) in [5, 5.41) is 6.69. The molecule has 0 spiro atoms. The summed E-state index contributed by atoms with van der Waals surface area (Å²) in [6.45, 7) is 4.42. The van der Waals surface area contributed by atoms with Gasteiger partial charge in [0.1, 0.15) is 11.5 Å². The van der Waals surface area contributed by atoms with Gasteiger partial charge >= 0.3 is 0 Å². The molecule has 26 heavy (non-hydrogen) atoms. The molecule has 0 aliphatic heterocycles. The van der Waals surface area contributed by atoms with Crippen LogP contribution >= 0.6 is 0 Å². The molecule has 0 radical (unpaired) electrons. The number of rotatable bonds is 9. The summed E-state index contributed by atoms with van der Waals surface area (Å²) in [4.78, 5) is 4.27. The zero-order chi connectivity index (χ0) is 18.6. The molecular formula is C21H29N3O2. The van der Waals surface area contributed by atoms with Crippen LogP contribution < -0.4 is 20.1 Å². The molecule has 0 aliphatic carbocycles. The van der Waals surface area contributed by atoms with E-state index in [-0.39, 0.29) is 0 Å². The molecule has 2 aromatic rings. The number of hydrogen-bond donors (Lipinski definition) is 2. The molecule has 0 amide bonds. The van der Waals surface area contributed by atoms with Crippen LogP contribution in [0.5, 0.6) is 11.5 Å². The highest BCUT2D eigenvalue weighted by atomic mass is 16.5. The number of aliphatic imine (C=N–C) groups is 1. The summed E-state index contributed by atoms with van der Waals surface area (Å²) in [5.74, 6) is 2.93. The highest BCUT2D eigenvalue weighted by Gasteiger charge is 2.11. The number of nitrogens with zero attached hydrogens (tertiary/aromatic N) is 1. The molecular weight excluding hydrogens is 326 g/mol. The van der Waals surface area contributed by atoms with Crippen molar-refractivity contribution in [3.05, 3.63) is 60.2 Å². The van der Waals surface area contributed by atoms with Gasteiger partial charge in [0.15, 0.2) is 5.96 Å². The lowest BCUT2D eigenvalue weighted by Crippen LogP contribution is -2.39. The van der Waals surface area contributed by atoms with E-state index in [1.54, 1.807) is 14.2 Å². The highest BCUT2D eigenvalue weighted by molar-refractivity contribution is 5.79. The molecule has 2 rings (SSSR count). The van der Waals surface area contributed by atoms with Gasteiger partial charge in [0.25, 0.3) is 0 Å². The molecule has 5 nitrogen and oxygen atoms in total. The van der Waals surface area contributed by atoms with E-state index in [1.165, 1.54) is 5.56 Å². The van der Waals surface area contributed by atoms with Crippen LogP contribution in [0.25, 0.3) is 0 Å². The van der Waals surface area contributed by atoms with Gasteiger partial charge in [0.2, 0.25) is 0 Å². The summed E-state index contributed by atoms with van der Waals surface area (Å²) in [6, 6.07) is 18.0. The van der Waals surface area contributed by atoms with E-state index in [9.17, 15) is 0 Å². The number of nitrogens with one attached hydrogen (secondary N) is 2. The maximum Gasteiger partial charge on any atom is 0.190 e. The first-order valence-corrected chi connectivity index (χ1v) is 9.00. The third-order valence-electron chi connectivity index (χ3n) is 4.09. The third kappa shape index (κ3) is 6.31. The molecule has 0 saturated carbocycles. The molecule has 1 unspecified atom stereocenters. The lowest BCUT2D eigenvalue weighted by molar-refractivity contribution is 0.311. The number of methoxy groups -OCH3 is 1. The smallest absolute Gasteiger partial charge is 0.190 e. The predicted octanol–water partition coefficient (Wildman–Crippen LogP) is 3.43. The van der Waals surface area contributed by atoms with Crippen LogP contribution in [0.15, 0.2) is 59.6 Å². The fourth-order valence-corrected chi connectivity index (χ4v) is 2.64. The SMILES string of the molecule is CN=C(NCCCOc1ccccc1)NCC(C)c1ccccc1OC. The van der Waals surface area contributed by atoms with Crippen molar-refractivity contribution < 1.29 is 9.47 Å². The Morgan fingerprint density at radius 2 is 1.77 bits per heavy atom. The van der Waals surface area contributed by atoms with Gasteiger partial charge in [0, 0.05) is 26.1 Å². The second kappa shape index (κ2) is 11.0. The molecule has 0 heterocycles. The van der Waals surface area contributed by atoms with E-state index in [0.717, 1.165) is 37.0 Å². The zero-order valence-electron chi connectivity index (χ0n) is 15.9. The normalized spacial score (nSPS) is 12.3. The van der Waals surface area contributed by atoms with Crippen molar-refractivity contribution in [1.82, 2.24) is 10.6 Å². The number of hydrogen-bond acceptors (Lipinski definition) is 3. The van der Waals surface area contributed by atoms with Gasteiger partial charge in [0.05, 0.1) is 13.7 Å². The standard InChI is InChI=1S/C21H29N3O2/c1-17(19-12-7-8-13-20(19)25-3)16-24-21(22-2)23-14-9-15-26-18-10-5-4-6-11-18/h4-8,10-13,17H,9,14-16H2,1-3H3,(H2,22,23,24). The average Bonchev–Trinajstić information content (AvgIpc) is 2.70. The summed E-state index contributed by atoms with van der Waals surface area (Å²) < 4.78 is 11.1. The van der Waals surface area contributed by atoms with Crippen LogP contribution in [0.1, 0.15) is 24.8 Å². The first-order valence-electron chi connectivity index (χ1n) is 9.00. The summed E-state index contributed by atoms with van der Waals surface area (Å²) >= 11 is 0. The Balaban J connectivity index is 1.69.